The fourth-order valence-corrected chi connectivity index (χ4v) is 9.03. The van der Waals surface area contributed by atoms with E-state index >= 15 is 4.57 Å². The molecule has 0 radical (unpaired) electrons. The molecule has 200 valence electrons. The van der Waals surface area contributed by atoms with Gasteiger partial charge in [0.05, 0.1) is 0 Å². The van der Waals surface area contributed by atoms with Crippen LogP contribution in [0.3, 0.4) is 0 Å². The molecule has 0 unspecified atom stereocenters. The van der Waals surface area contributed by atoms with Gasteiger partial charge in [0.25, 0.3) is 0 Å². The van der Waals surface area contributed by atoms with Gasteiger partial charge in [-0.05, 0) is 36.4 Å². The summed E-state index contributed by atoms with van der Waals surface area (Å²) in [5.41, 5.74) is 9.76. The summed E-state index contributed by atoms with van der Waals surface area (Å²) in [4.78, 5) is 15.5. The van der Waals surface area contributed by atoms with E-state index in [0.29, 0.717) is 16.3 Å². The van der Waals surface area contributed by atoms with Crippen molar-refractivity contribution in [1.29, 1.82) is 0 Å². The minimum atomic E-state index is -3.56. The molecule has 1 aliphatic carbocycles. The van der Waals surface area contributed by atoms with Crippen molar-refractivity contribution >= 4 is 23.4 Å². The monoisotopic (exact) mass is 735 g/mol. The predicted octanol–water partition coefficient (Wildman–Crippen LogP) is 5.39. The van der Waals surface area contributed by atoms with Gasteiger partial charge in [0.15, 0.2) is 0 Å². The summed E-state index contributed by atoms with van der Waals surface area (Å²) in [5.74, 6) is -0.742. The molecule has 42 heavy (non-hydrogen) atoms. The van der Waals surface area contributed by atoms with Crippen molar-refractivity contribution in [2.24, 2.45) is 0 Å². The molecule has 6 aromatic rings. The van der Waals surface area contributed by atoms with E-state index in [2.05, 4.69) is 72.8 Å². The smallest absolute Gasteiger partial charge is 0.304 e. The van der Waals surface area contributed by atoms with Gasteiger partial charge in [-0.15, -0.1) is 0 Å². The zero-order chi connectivity index (χ0) is 27.1. The maximum atomic E-state index is 15.7. The molecule has 10 rings (SSSR count). The molecular weight excluding hydrogens is 714 g/mol. The summed E-state index contributed by atoms with van der Waals surface area (Å²) < 4.78 is 15.7. The fraction of sp³-hybridized carbons (Fsp3) is 0.0833. The van der Waals surface area contributed by atoms with Crippen molar-refractivity contribution < 1.29 is 24.7 Å². The third-order valence-corrected chi connectivity index (χ3v) is 11.2. The molecule has 0 spiro atoms. The third kappa shape index (κ3) is 3.64. The Morgan fingerprint density at radius 3 is 0.976 bits per heavy atom. The van der Waals surface area contributed by atoms with E-state index in [-0.39, 0.29) is 37.9 Å². The molecule has 3 aromatic carbocycles. The second-order valence-corrected chi connectivity index (χ2v) is 13.4. The minimum Gasteiger partial charge on any atom is -0.304 e. The summed E-state index contributed by atoms with van der Waals surface area (Å²) in [6.45, 7) is 0. The van der Waals surface area contributed by atoms with Gasteiger partial charge < -0.3 is 4.57 Å². The number of benzene rings is 3. The van der Waals surface area contributed by atoms with Gasteiger partial charge in [0.2, 0.25) is 7.14 Å². The standard InChI is InChI=1S/C36H21N3OP.Ir/c40-41-31-16-4-13-28(37-31)34-22-7-1-8-23(19-22)35(29-14-5-17-32(41)38-29)25-10-3-12-27(21-25)36(26-11-2-9-24(34)20-26)30-15-6-18-33(41)39-30;/h1-18,34-36H;/q-3;+3. The number of nitrogens with zero attached hydrogens (tertiary/aromatic N) is 3. The van der Waals surface area contributed by atoms with Crippen LogP contribution in [0.2, 0.25) is 0 Å². The van der Waals surface area contributed by atoms with Crippen LogP contribution in [0.1, 0.15) is 68.2 Å². The Morgan fingerprint density at radius 2 is 0.690 bits per heavy atom. The van der Waals surface area contributed by atoms with E-state index < -0.39 is 7.14 Å². The zero-order valence-electron chi connectivity index (χ0n) is 22.2. The van der Waals surface area contributed by atoms with Crippen LogP contribution in [0.5, 0.6) is 0 Å². The van der Waals surface area contributed by atoms with Gasteiger partial charge in [0.1, 0.15) is 16.3 Å². The first kappa shape index (κ1) is 25.7. The van der Waals surface area contributed by atoms with Crippen molar-refractivity contribution in [3.63, 3.8) is 0 Å². The Kier molecular flexibility index (Phi) is 5.81. The average molecular weight is 735 g/mol. The molecule has 3 aliphatic heterocycles. The van der Waals surface area contributed by atoms with Gasteiger partial charge in [-0.3, -0.25) is 0 Å². The van der Waals surface area contributed by atoms with Gasteiger partial charge in [-0.1, -0.05) is 18.2 Å². The van der Waals surface area contributed by atoms with Gasteiger partial charge in [-0.2, -0.15) is 106 Å². The van der Waals surface area contributed by atoms with E-state index in [9.17, 15) is 0 Å². The molecule has 0 fully saturated rings. The molecule has 6 heterocycles. The number of hydrogen-bond acceptors (Lipinski definition) is 4. The van der Waals surface area contributed by atoms with E-state index in [1.165, 1.54) is 0 Å². The molecule has 6 heteroatoms. The first-order valence-corrected chi connectivity index (χ1v) is 15.5. The van der Waals surface area contributed by atoms with Crippen LogP contribution in [-0.2, 0) is 24.7 Å². The van der Waals surface area contributed by atoms with Crippen molar-refractivity contribution in [3.05, 3.63) is 178 Å². The minimum absolute atomic E-state index is 0. The molecule has 4 nitrogen and oxygen atoms in total. The van der Waals surface area contributed by atoms with Crippen LogP contribution in [0.25, 0.3) is 0 Å². The zero-order valence-corrected chi connectivity index (χ0v) is 25.4. The van der Waals surface area contributed by atoms with Crippen molar-refractivity contribution in [2.45, 2.75) is 17.8 Å². The topological polar surface area (TPSA) is 55.7 Å². The van der Waals surface area contributed by atoms with Crippen LogP contribution in [0.15, 0.2) is 109 Å². The van der Waals surface area contributed by atoms with Crippen molar-refractivity contribution in [1.82, 2.24) is 15.0 Å². The summed E-state index contributed by atoms with van der Waals surface area (Å²) >= 11 is 0. The summed E-state index contributed by atoms with van der Waals surface area (Å²) in [7, 11) is -3.56. The quantitative estimate of drug-likeness (QED) is 0.155. The molecule has 0 atom stereocenters. The van der Waals surface area contributed by atoms with E-state index in [0.717, 1.165) is 50.5 Å². The second kappa shape index (κ2) is 9.51. The number of pyridine rings is 3. The SMILES string of the molecule is O=P12c3cccc(n3)C3c4[c-]c(ccc4)C(c4[c-]c(ccc4)C(c4[c-]c3ccc4)c3cccc1n3)c1cccc2n1.[Ir+3]. The Labute approximate surface area is 257 Å². The van der Waals surface area contributed by atoms with E-state index in [1.807, 2.05) is 54.6 Å². The van der Waals surface area contributed by atoms with E-state index in [4.69, 9.17) is 15.0 Å². The predicted molar refractivity (Wildman–Crippen MR) is 158 cm³/mol. The first-order valence-electron chi connectivity index (χ1n) is 13.8. The largest absolute Gasteiger partial charge is 3.00 e. The molecule has 0 N–H and O–H groups in total. The molecule has 4 aliphatic rings. The molecule has 16 bridgehead atoms. The molecule has 3 aromatic heterocycles. The summed E-state index contributed by atoms with van der Waals surface area (Å²) in [5, 5.41) is 0. The third-order valence-electron chi connectivity index (χ3n) is 8.51. The molecular formula is C36H21IrN3OP. The Hall–Kier alpha value is -4.01. The van der Waals surface area contributed by atoms with Crippen LogP contribution in [-0.4, -0.2) is 15.0 Å². The van der Waals surface area contributed by atoms with Crippen LogP contribution in [0, 0.1) is 18.2 Å². The first-order chi connectivity index (χ1) is 20.2. The molecule has 0 amide bonds. The number of rotatable bonds is 0. The molecule has 0 saturated heterocycles. The van der Waals surface area contributed by atoms with Gasteiger partial charge in [-0.25, -0.2) is 15.0 Å². The summed E-state index contributed by atoms with van der Waals surface area (Å²) in [6, 6.07) is 47.7. The van der Waals surface area contributed by atoms with Crippen molar-refractivity contribution in [2.75, 3.05) is 0 Å². The fourth-order valence-electron chi connectivity index (χ4n) is 6.66. The maximum Gasteiger partial charge on any atom is 3.00 e. The maximum absolute atomic E-state index is 15.7. The normalized spacial score (nSPS) is 22.0. The second-order valence-electron chi connectivity index (χ2n) is 10.9. The number of aromatic nitrogens is 3. The van der Waals surface area contributed by atoms with Gasteiger partial charge in [0, 0.05) is 34.8 Å². The van der Waals surface area contributed by atoms with Crippen LogP contribution >= 0.6 is 7.14 Å². The Morgan fingerprint density at radius 1 is 0.429 bits per heavy atom. The number of hydrogen-bond donors (Lipinski definition) is 0. The average Bonchev–Trinajstić information content (AvgIpc) is 3.01. The Bertz CT molecular complexity index is 1800. The van der Waals surface area contributed by atoms with Crippen molar-refractivity contribution in [3.8, 4) is 0 Å². The Balaban J connectivity index is 0.00000267. The van der Waals surface area contributed by atoms with Crippen LogP contribution < -0.4 is 16.3 Å². The molecule has 0 saturated carbocycles. The van der Waals surface area contributed by atoms with Crippen LogP contribution in [0.4, 0.5) is 0 Å². The van der Waals surface area contributed by atoms with E-state index in [1.54, 1.807) is 0 Å². The van der Waals surface area contributed by atoms with Gasteiger partial charge >= 0.3 is 20.1 Å². The summed E-state index contributed by atoms with van der Waals surface area (Å²) in [6.07, 6.45) is 0.